The number of phenolic OH excluding ortho intramolecular Hbond substituents is 1. The van der Waals surface area contributed by atoms with Crippen LogP contribution in [0.4, 0.5) is 4.39 Å². The predicted octanol–water partition coefficient (Wildman–Crippen LogP) is 2.52. The fourth-order valence-corrected chi connectivity index (χ4v) is 4.71. The molecule has 2 N–H and O–H groups in total. The van der Waals surface area contributed by atoms with Gasteiger partial charge in [0.2, 0.25) is 5.88 Å². The number of benzene rings is 1. The van der Waals surface area contributed by atoms with Crippen LogP contribution in [-0.2, 0) is 0 Å². The maximum atomic E-state index is 15.1. The number of hydrogen-bond acceptors (Lipinski definition) is 8. The van der Waals surface area contributed by atoms with E-state index in [9.17, 15) is 5.11 Å². The summed E-state index contributed by atoms with van der Waals surface area (Å²) in [7, 11) is 0. The first-order valence-electron chi connectivity index (χ1n) is 10.3. The van der Waals surface area contributed by atoms with Crippen molar-refractivity contribution in [1.82, 2.24) is 35.7 Å². The van der Waals surface area contributed by atoms with Crippen LogP contribution in [0.1, 0.15) is 38.9 Å². The Morgan fingerprint density at radius 3 is 2.68 bits per heavy atom. The molecule has 2 saturated heterocycles. The van der Waals surface area contributed by atoms with Crippen molar-refractivity contribution in [1.29, 1.82) is 0 Å². The van der Waals surface area contributed by atoms with Crippen LogP contribution < -0.4 is 10.1 Å². The molecule has 0 radical (unpaired) electrons. The van der Waals surface area contributed by atoms with Crippen molar-refractivity contribution in [2.45, 2.75) is 63.4 Å². The highest BCUT2D eigenvalue weighted by Gasteiger charge is 2.56. The van der Waals surface area contributed by atoms with Gasteiger partial charge >= 0.3 is 0 Å². The van der Waals surface area contributed by atoms with E-state index >= 15 is 4.39 Å². The third-order valence-electron chi connectivity index (χ3n) is 6.28. The molecule has 0 unspecified atom stereocenters. The zero-order valence-corrected chi connectivity index (χ0v) is 17.6. The number of fused-ring (bicyclic) bond motifs is 2. The molecule has 0 aliphatic carbocycles. The molecule has 9 nitrogen and oxygen atoms in total. The second kappa shape index (κ2) is 6.94. The molecule has 0 amide bonds. The molecule has 0 spiro atoms. The molecule has 4 atom stereocenters. The average Bonchev–Trinajstić information content (AvgIpc) is 3.29. The predicted molar refractivity (Wildman–Crippen MR) is 110 cm³/mol. The van der Waals surface area contributed by atoms with E-state index in [0.29, 0.717) is 29.2 Å². The first kappa shape index (κ1) is 19.8. The largest absolute Gasteiger partial charge is 0.507 e. The SMILES string of the molecule is Cc1nnn(-c2ccc(-c3ccc(O[C@@H]4C[C@@]5(C)CC[C@](C)(N5)[C@H]4F)nn3)c(O)c2)n1. The maximum Gasteiger partial charge on any atom is 0.233 e. The Morgan fingerprint density at radius 2 is 2.00 bits per heavy atom. The minimum Gasteiger partial charge on any atom is -0.507 e. The second-order valence-electron chi connectivity index (χ2n) is 8.95. The topological polar surface area (TPSA) is 111 Å². The van der Waals surface area contributed by atoms with Crippen molar-refractivity contribution >= 4 is 0 Å². The molecule has 2 aliphatic rings. The van der Waals surface area contributed by atoms with E-state index in [1.54, 1.807) is 31.2 Å². The Bertz CT molecular complexity index is 1120. The van der Waals surface area contributed by atoms with Crippen LogP contribution in [0.5, 0.6) is 11.6 Å². The van der Waals surface area contributed by atoms with Crippen LogP contribution in [0.2, 0.25) is 0 Å². The highest BCUT2D eigenvalue weighted by atomic mass is 19.1. The van der Waals surface area contributed by atoms with E-state index in [4.69, 9.17) is 4.74 Å². The number of hydrogen-bond donors (Lipinski definition) is 2. The van der Waals surface area contributed by atoms with Gasteiger partial charge in [0.25, 0.3) is 0 Å². The number of aromatic hydroxyl groups is 1. The highest BCUT2D eigenvalue weighted by Crippen LogP contribution is 2.44. The van der Waals surface area contributed by atoms with Crippen molar-refractivity contribution in [2.24, 2.45) is 0 Å². The summed E-state index contributed by atoms with van der Waals surface area (Å²) in [5.41, 5.74) is 0.852. The van der Waals surface area contributed by atoms with Gasteiger partial charge in [0.05, 0.1) is 16.9 Å². The summed E-state index contributed by atoms with van der Waals surface area (Å²) >= 11 is 0. The van der Waals surface area contributed by atoms with Crippen molar-refractivity contribution in [3.63, 3.8) is 0 Å². The minimum absolute atomic E-state index is 0.00928. The molecule has 2 bridgehead atoms. The van der Waals surface area contributed by atoms with Crippen LogP contribution in [0.15, 0.2) is 30.3 Å². The van der Waals surface area contributed by atoms with Crippen LogP contribution in [0, 0.1) is 6.92 Å². The van der Waals surface area contributed by atoms with E-state index in [0.717, 1.165) is 12.8 Å². The van der Waals surface area contributed by atoms with Gasteiger partial charge in [0, 0.05) is 29.7 Å². The third kappa shape index (κ3) is 3.50. The number of rotatable bonds is 4. The van der Waals surface area contributed by atoms with Gasteiger partial charge < -0.3 is 15.2 Å². The summed E-state index contributed by atoms with van der Waals surface area (Å²) in [6, 6.07) is 8.34. The molecule has 10 heteroatoms. The van der Waals surface area contributed by atoms with Crippen molar-refractivity contribution in [3.8, 4) is 28.6 Å². The van der Waals surface area contributed by atoms with Crippen LogP contribution in [0.25, 0.3) is 16.9 Å². The van der Waals surface area contributed by atoms with Gasteiger partial charge in [-0.05, 0) is 57.0 Å². The van der Waals surface area contributed by atoms with Crippen LogP contribution in [-0.4, -0.2) is 58.9 Å². The number of nitrogens with zero attached hydrogens (tertiary/aromatic N) is 6. The highest BCUT2D eigenvalue weighted by molar-refractivity contribution is 5.68. The van der Waals surface area contributed by atoms with E-state index in [1.807, 2.05) is 6.92 Å². The van der Waals surface area contributed by atoms with Crippen molar-refractivity contribution in [2.75, 3.05) is 0 Å². The molecule has 1 aromatic carbocycles. The minimum atomic E-state index is -1.13. The third-order valence-corrected chi connectivity index (χ3v) is 6.28. The molecular weight excluding hydrogens is 401 g/mol. The van der Waals surface area contributed by atoms with E-state index in [-0.39, 0.29) is 17.2 Å². The Kier molecular flexibility index (Phi) is 4.44. The van der Waals surface area contributed by atoms with Gasteiger partial charge in [-0.3, -0.25) is 0 Å². The van der Waals surface area contributed by atoms with Gasteiger partial charge in [-0.1, -0.05) is 0 Å². The first-order valence-corrected chi connectivity index (χ1v) is 10.3. The lowest BCUT2D eigenvalue weighted by atomic mass is 9.85. The standard InChI is InChI=1S/C21H24FN7O2/c1-12-23-28-29(26-12)13-4-5-14(16(30)10-13)15-6-7-18(25-24-15)31-17-11-20(2)8-9-21(3,27-20)19(17)22/h4-7,10,17,19,27,30H,8-9,11H2,1-3H3/t17-,19+,20-,21+/m1/s1. The number of tetrazole rings is 1. The van der Waals surface area contributed by atoms with Gasteiger partial charge in [0.15, 0.2) is 12.0 Å². The van der Waals surface area contributed by atoms with Gasteiger partial charge in [-0.15, -0.1) is 25.2 Å². The van der Waals surface area contributed by atoms with E-state index in [2.05, 4.69) is 37.8 Å². The van der Waals surface area contributed by atoms with Gasteiger partial charge in [-0.25, -0.2) is 4.39 Å². The monoisotopic (exact) mass is 425 g/mol. The molecule has 3 aromatic rings. The Morgan fingerprint density at radius 1 is 1.16 bits per heavy atom. The van der Waals surface area contributed by atoms with Gasteiger partial charge in [0.1, 0.15) is 11.9 Å². The molecule has 2 aliphatic heterocycles. The molecule has 2 aromatic heterocycles. The summed E-state index contributed by atoms with van der Waals surface area (Å²) < 4.78 is 21.0. The first-order chi connectivity index (χ1) is 14.7. The van der Waals surface area contributed by atoms with E-state index < -0.39 is 17.8 Å². The molecule has 31 heavy (non-hydrogen) atoms. The molecular formula is C21H24FN7O2. The molecule has 162 valence electrons. The van der Waals surface area contributed by atoms with Crippen LogP contribution >= 0.6 is 0 Å². The summed E-state index contributed by atoms with van der Waals surface area (Å²) in [6.45, 7) is 5.75. The van der Waals surface area contributed by atoms with Crippen LogP contribution in [0.3, 0.4) is 0 Å². The maximum absolute atomic E-state index is 15.1. The number of aromatic nitrogens is 6. The number of nitrogens with one attached hydrogen (secondary N) is 1. The lowest BCUT2D eigenvalue weighted by Crippen LogP contribution is -2.63. The number of aryl methyl sites for hydroxylation is 1. The normalized spacial score (nSPS) is 29.8. The van der Waals surface area contributed by atoms with Crippen molar-refractivity contribution < 1.29 is 14.2 Å². The number of piperidine rings is 1. The van der Waals surface area contributed by atoms with E-state index in [1.165, 1.54) is 10.9 Å². The summed E-state index contributed by atoms with van der Waals surface area (Å²) in [5.74, 6) is 0.809. The summed E-state index contributed by atoms with van der Waals surface area (Å²) in [6.07, 6.45) is 0.576. The number of halogens is 1. The second-order valence-corrected chi connectivity index (χ2v) is 8.95. The van der Waals surface area contributed by atoms with Gasteiger partial charge in [-0.2, -0.15) is 0 Å². The Labute approximate surface area is 178 Å². The smallest absolute Gasteiger partial charge is 0.233 e. The number of alkyl halides is 1. The quantitative estimate of drug-likeness (QED) is 0.656. The molecule has 5 rings (SSSR count). The zero-order chi connectivity index (χ0) is 21.8. The lowest BCUT2D eigenvalue weighted by Gasteiger charge is -2.43. The fourth-order valence-electron chi connectivity index (χ4n) is 4.71. The molecule has 2 fully saturated rings. The Hall–Kier alpha value is -3.14. The van der Waals surface area contributed by atoms with Crippen molar-refractivity contribution in [3.05, 3.63) is 36.2 Å². The lowest BCUT2D eigenvalue weighted by molar-refractivity contribution is -0.00951. The Balaban J connectivity index is 1.34. The fraction of sp³-hybridized carbons (Fsp3) is 0.476. The average molecular weight is 425 g/mol. The molecule has 4 heterocycles. The number of ether oxygens (including phenoxy) is 1. The summed E-state index contributed by atoms with van der Waals surface area (Å²) in [5, 5.41) is 34.0. The zero-order valence-electron chi connectivity index (χ0n) is 17.6. The number of phenols is 1. The summed E-state index contributed by atoms with van der Waals surface area (Å²) in [4.78, 5) is 1.34. The molecule has 0 saturated carbocycles.